The Bertz CT molecular complexity index is 337. The SMILES string of the molecule is NCC1CCCCC1C(=O)N(CC1CCOC1)C1CC1. The van der Waals surface area contributed by atoms with E-state index < -0.39 is 0 Å². The third-order valence-corrected chi connectivity index (χ3v) is 5.28. The van der Waals surface area contributed by atoms with Crippen LogP contribution in [0.25, 0.3) is 0 Å². The zero-order valence-corrected chi connectivity index (χ0v) is 12.4. The lowest BCUT2D eigenvalue weighted by Gasteiger charge is -2.35. The first-order valence-corrected chi connectivity index (χ1v) is 8.38. The average molecular weight is 280 g/mol. The molecular formula is C16H28N2O2. The van der Waals surface area contributed by atoms with Crippen LogP contribution in [0.4, 0.5) is 0 Å². The highest BCUT2D eigenvalue weighted by atomic mass is 16.5. The standard InChI is InChI=1S/C16H28N2O2/c17-9-13-3-1-2-4-15(13)16(19)18(14-5-6-14)10-12-7-8-20-11-12/h12-15H,1-11,17H2. The first-order valence-electron chi connectivity index (χ1n) is 8.38. The molecule has 1 heterocycles. The van der Waals surface area contributed by atoms with Crippen molar-refractivity contribution in [2.24, 2.45) is 23.5 Å². The maximum absolute atomic E-state index is 13.0. The van der Waals surface area contributed by atoms with E-state index in [1.807, 2.05) is 0 Å². The van der Waals surface area contributed by atoms with Gasteiger partial charge in [0.1, 0.15) is 0 Å². The Hall–Kier alpha value is -0.610. The minimum Gasteiger partial charge on any atom is -0.381 e. The third kappa shape index (κ3) is 3.17. The molecule has 1 amide bonds. The molecule has 3 aliphatic rings. The monoisotopic (exact) mass is 280 g/mol. The molecule has 0 radical (unpaired) electrons. The van der Waals surface area contributed by atoms with Crippen LogP contribution in [0.3, 0.4) is 0 Å². The smallest absolute Gasteiger partial charge is 0.226 e. The highest BCUT2D eigenvalue weighted by Crippen LogP contribution is 2.35. The molecule has 4 heteroatoms. The van der Waals surface area contributed by atoms with Crippen LogP contribution in [-0.4, -0.2) is 43.2 Å². The van der Waals surface area contributed by atoms with Crippen LogP contribution in [0, 0.1) is 17.8 Å². The molecule has 1 saturated heterocycles. The number of nitrogens with zero attached hydrogens (tertiary/aromatic N) is 1. The maximum Gasteiger partial charge on any atom is 0.226 e. The molecule has 3 fully saturated rings. The summed E-state index contributed by atoms with van der Waals surface area (Å²) in [5.41, 5.74) is 5.90. The lowest BCUT2D eigenvalue weighted by molar-refractivity contribution is -0.139. The van der Waals surface area contributed by atoms with Crippen molar-refractivity contribution in [1.29, 1.82) is 0 Å². The van der Waals surface area contributed by atoms with E-state index in [1.165, 1.54) is 25.7 Å². The fourth-order valence-corrected chi connectivity index (χ4v) is 3.84. The van der Waals surface area contributed by atoms with E-state index in [2.05, 4.69) is 4.90 Å². The number of hydrogen-bond donors (Lipinski definition) is 1. The fraction of sp³-hybridized carbons (Fsp3) is 0.938. The van der Waals surface area contributed by atoms with E-state index in [0.717, 1.165) is 39.0 Å². The molecule has 3 unspecified atom stereocenters. The van der Waals surface area contributed by atoms with Gasteiger partial charge in [-0.1, -0.05) is 12.8 Å². The van der Waals surface area contributed by atoms with Gasteiger partial charge in [-0.25, -0.2) is 0 Å². The summed E-state index contributed by atoms with van der Waals surface area (Å²) in [6.45, 7) is 3.28. The molecule has 2 saturated carbocycles. The summed E-state index contributed by atoms with van der Waals surface area (Å²) in [5.74, 6) is 1.56. The number of carbonyl (C=O) groups excluding carboxylic acids is 1. The van der Waals surface area contributed by atoms with Crippen molar-refractivity contribution in [2.45, 2.75) is 51.0 Å². The number of hydrogen-bond acceptors (Lipinski definition) is 3. The van der Waals surface area contributed by atoms with Crippen LogP contribution < -0.4 is 5.73 Å². The number of carbonyl (C=O) groups is 1. The second-order valence-electron chi connectivity index (χ2n) is 6.84. The molecule has 0 spiro atoms. The molecule has 114 valence electrons. The number of ether oxygens (including phenoxy) is 1. The van der Waals surface area contributed by atoms with E-state index in [0.29, 0.717) is 30.3 Å². The highest BCUT2D eigenvalue weighted by molar-refractivity contribution is 5.80. The molecule has 0 aromatic heterocycles. The fourth-order valence-electron chi connectivity index (χ4n) is 3.84. The Morgan fingerprint density at radius 3 is 2.60 bits per heavy atom. The van der Waals surface area contributed by atoms with Crippen molar-refractivity contribution in [2.75, 3.05) is 26.3 Å². The van der Waals surface area contributed by atoms with Crippen LogP contribution in [0.5, 0.6) is 0 Å². The zero-order chi connectivity index (χ0) is 13.9. The quantitative estimate of drug-likeness (QED) is 0.835. The number of nitrogens with two attached hydrogens (primary N) is 1. The van der Waals surface area contributed by atoms with Crippen LogP contribution in [0.2, 0.25) is 0 Å². The van der Waals surface area contributed by atoms with Gasteiger partial charge in [0.25, 0.3) is 0 Å². The van der Waals surface area contributed by atoms with Crippen LogP contribution in [0.15, 0.2) is 0 Å². The molecule has 0 aromatic rings. The first-order chi connectivity index (χ1) is 9.79. The van der Waals surface area contributed by atoms with E-state index >= 15 is 0 Å². The Kier molecular flexibility index (Phi) is 4.61. The van der Waals surface area contributed by atoms with Gasteiger partial charge in [0.2, 0.25) is 5.91 Å². The molecule has 3 atom stereocenters. The molecule has 4 nitrogen and oxygen atoms in total. The van der Waals surface area contributed by atoms with Gasteiger partial charge in [-0.05, 0) is 44.6 Å². The summed E-state index contributed by atoms with van der Waals surface area (Å²) in [4.78, 5) is 15.2. The molecule has 1 aliphatic heterocycles. The second kappa shape index (κ2) is 6.44. The van der Waals surface area contributed by atoms with Gasteiger partial charge in [0.05, 0.1) is 6.61 Å². The molecule has 3 rings (SSSR count). The van der Waals surface area contributed by atoms with E-state index in [4.69, 9.17) is 10.5 Å². The Morgan fingerprint density at radius 1 is 1.15 bits per heavy atom. The van der Waals surface area contributed by atoms with Crippen molar-refractivity contribution < 1.29 is 9.53 Å². The summed E-state index contributed by atoms with van der Waals surface area (Å²) < 4.78 is 5.47. The van der Waals surface area contributed by atoms with Crippen LogP contribution >= 0.6 is 0 Å². The zero-order valence-electron chi connectivity index (χ0n) is 12.4. The molecule has 0 bridgehead atoms. The van der Waals surface area contributed by atoms with E-state index in [1.54, 1.807) is 0 Å². The molecule has 20 heavy (non-hydrogen) atoms. The van der Waals surface area contributed by atoms with Gasteiger partial charge in [-0.15, -0.1) is 0 Å². The first kappa shape index (κ1) is 14.3. The Balaban J connectivity index is 1.64. The van der Waals surface area contributed by atoms with Gasteiger partial charge in [-0.2, -0.15) is 0 Å². The summed E-state index contributed by atoms with van der Waals surface area (Å²) in [7, 11) is 0. The normalized spacial score (nSPS) is 34.1. The van der Waals surface area contributed by atoms with Gasteiger partial charge < -0.3 is 15.4 Å². The molecule has 0 aromatic carbocycles. The summed E-state index contributed by atoms with van der Waals surface area (Å²) in [6, 6.07) is 0.517. The summed E-state index contributed by atoms with van der Waals surface area (Å²) in [5, 5.41) is 0. The Morgan fingerprint density at radius 2 is 1.95 bits per heavy atom. The summed E-state index contributed by atoms with van der Waals surface area (Å²) >= 11 is 0. The van der Waals surface area contributed by atoms with Gasteiger partial charge in [-0.3, -0.25) is 4.79 Å². The number of amides is 1. The topological polar surface area (TPSA) is 55.6 Å². The average Bonchev–Trinajstić information content (AvgIpc) is 3.20. The number of rotatable bonds is 5. The molecule has 2 aliphatic carbocycles. The van der Waals surface area contributed by atoms with Crippen molar-refractivity contribution in [3.8, 4) is 0 Å². The van der Waals surface area contributed by atoms with Crippen LogP contribution in [0.1, 0.15) is 44.9 Å². The van der Waals surface area contributed by atoms with E-state index in [9.17, 15) is 4.79 Å². The van der Waals surface area contributed by atoms with Crippen molar-refractivity contribution in [3.63, 3.8) is 0 Å². The minimum atomic E-state index is 0.191. The maximum atomic E-state index is 13.0. The lowest BCUT2D eigenvalue weighted by Crippen LogP contribution is -2.45. The van der Waals surface area contributed by atoms with Crippen molar-refractivity contribution in [3.05, 3.63) is 0 Å². The van der Waals surface area contributed by atoms with Crippen molar-refractivity contribution >= 4 is 5.91 Å². The third-order valence-electron chi connectivity index (χ3n) is 5.28. The minimum absolute atomic E-state index is 0.191. The lowest BCUT2D eigenvalue weighted by atomic mass is 9.78. The van der Waals surface area contributed by atoms with Gasteiger partial charge >= 0.3 is 0 Å². The highest BCUT2D eigenvalue weighted by Gasteiger charge is 2.40. The molecule has 2 N–H and O–H groups in total. The van der Waals surface area contributed by atoms with Crippen LogP contribution in [-0.2, 0) is 9.53 Å². The molecular weight excluding hydrogens is 252 g/mol. The summed E-state index contributed by atoms with van der Waals surface area (Å²) in [6.07, 6.45) is 8.12. The second-order valence-corrected chi connectivity index (χ2v) is 6.84. The largest absolute Gasteiger partial charge is 0.381 e. The Labute approximate surface area is 122 Å². The van der Waals surface area contributed by atoms with E-state index in [-0.39, 0.29) is 5.92 Å². The van der Waals surface area contributed by atoms with Gasteiger partial charge in [0.15, 0.2) is 0 Å². The van der Waals surface area contributed by atoms with Crippen molar-refractivity contribution in [1.82, 2.24) is 4.90 Å². The van der Waals surface area contributed by atoms with Gasteiger partial charge in [0, 0.05) is 31.0 Å². The predicted molar refractivity (Wildman–Crippen MR) is 78.2 cm³/mol. The predicted octanol–water partition coefficient (Wildman–Crippen LogP) is 1.78.